The monoisotopic (exact) mass is 449 g/mol. The second-order valence-corrected chi connectivity index (χ2v) is 9.37. The summed E-state index contributed by atoms with van der Waals surface area (Å²) in [4.78, 5) is 21.5. The minimum atomic E-state index is 0.0295. The molecule has 1 N–H and O–H groups in total. The number of pyridine rings is 1. The standard InChI is InChI=1S/C27H35N3O3/c31-27-23-9-7-22(33-18-6-16-30-13-3-4-14-30)20-26(23)28-25-10-8-21(19-24(25)27)32-17-5-15-29-11-1-2-12-29/h7-10,19-20H,1-6,11-18H2,(H,28,31). The van der Waals surface area contributed by atoms with Gasteiger partial charge in [-0.05, 0) is 95.0 Å². The molecule has 0 atom stereocenters. The second kappa shape index (κ2) is 10.6. The highest BCUT2D eigenvalue weighted by Crippen LogP contribution is 2.23. The first-order chi connectivity index (χ1) is 16.3. The van der Waals surface area contributed by atoms with Crippen molar-refractivity contribution in [3.05, 3.63) is 46.6 Å². The number of rotatable bonds is 10. The van der Waals surface area contributed by atoms with E-state index in [0.29, 0.717) is 24.0 Å². The molecule has 0 aliphatic carbocycles. The number of hydrogen-bond donors (Lipinski definition) is 1. The van der Waals surface area contributed by atoms with Crippen LogP contribution in [0.15, 0.2) is 41.2 Å². The van der Waals surface area contributed by atoms with E-state index in [0.717, 1.165) is 48.5 Å². The number of benzene rings is 2. The lowest BCUT2D eigenvalue weighted by Gasteiger charge is -2.15. The van der Waals surface area contributed by atoms with Gasteiger partial charge >= 0.3 is 0 Å². The molecular formula is C27H35N3O3. The summed E-state index contributed by atoms with van der Waals surface area (Å²) in [5.41, 5.74) is 1.66. The number of nitrogens with zero attached hydrogens (tertiary/aromatic N) is 2. The maximum absolute atomic E-state index is 13.1. The van der Waals surface area contributed by atoms with Crippen LogP contribution in [-0.4, -0.2) is 67.3 Å². The molecule has 0 saturated carbocycles. The minimum absolute atomic E-state index is 0.0295. The van der Waals surface area contributed by atoms with Crippen molar-refractivity contribution in [1.82, 2.24) is 14.8 Å². The molecule has 0 unspecified atom stereocenters. The molecule has 2 aliphatic heterocycles. The maximum atomic E-state index is 13.1. The van der Waals surface area contributed by atoms with Crippen molar-refractivity contribution in [2.24, 2.45) is 0 Å². The minimum Gasteiger partial charge on any atom is -0.494 e. The summed E-state index contributed by atoms with van der Waals surface area (Å²) in [6.45, 7) is 8.41. The Balaban J connectivity index is 1.21. The SMILES string of the molecule is O=c1c2ccc(OCCCN3CCCC3)cc2[nH]c2ccc(OCCCN3CCCC3)cc12. The van der Waals surface area contributed by atoms with Gasteiger partial charge in [-0.2, -0.15) is 0 Å². The molecule has 0 bridgehead atoms. The molecule has 0 amide bonds. The van der Waals surface area contributed by atoms with Crippen LogP contribution in [0.2, 0.25) is 0 Å². The molecule has 6 nitrogen and oxygen atoms in total. The van der Waals surface area contributed by atoms with Crippen LogP contribution < -0.4 is 14.9 Å². The highest BCUT2D eigenvalue weighted by molar-refractivity contribution is 5.93. The fourth-order valence-electron chi connectivity index (χ4n) is 5.08. The molecule has 3 aromatic rings. The number of likely N-dealkylation sites (tertiary alicyclic amines) is 2. The van der Waals surface area contributed by atoms with E-state index in [4.69, 9.17) is 9.47 Å². The highest BCUT2D eigenvalue weighted by Gasteiger charge is 2.12. The van der Waals surface area contributed by atoms with Crippen LogP contribution in [0.4, 0.5) is 0 Å². The van der Waals surface area contributed by atoms with Gasteiger partial charge in [0.25, 0.3) is 0 Å². The molecule has 2 aliphatic rings. The summed E-state index contributed by atoms with van der Waals surface area (Å²) in [6.07, 6.45) is 7.29. The van der Waals surface area contributed by atoms with E-state index in [1.54, 1.807) is 0 Å². The quantitative estimate of drug-likeness (QED) is 0.367. The van der Waals surface area contributed by atoms with Crippen LogP contribution in [0.1, 0.15) is 38.5 Å². The Morgan fingerprint density at radius 2 is 1.27 bits per heavy atom. The number of aromatic amines is 1. The lowest BCUT2D eigenvalue weighted by Crippen LogP contribution is -2.21. The number of ether oxygens (including phenoxy) is 2. The third kappa shape index (κ3) is 5.50. The normalized spacial score (nSPS) is 17.3. The Morgan fingerprint density at radius 1 is 0.697 bits per heavy atom. The van der Waals surface area contributed by atoms with Crippen LogP contribution in [0.5, 0.6) is 11.5 Å². The summed E-state index contributed by atoms with van der Waals surface area (Å²) in [5, 5.41) is 1.34. The second-order valence-electron chi connectivity index (χ2n) is 9.37. The van der Waals surface area contributed by atoms with Crippen molar-refractivity contribution >= 4 is 21.8 Å². The van der Waals surface area contributed by atoms with Crippen LogP contribution in [0.3, 0.4) is 0 Å². The third-order valence-electron chi connectivity index (χ3n) is 6.91. The lowest BCUT2D eigenvalue weighted by molar-refractivity contribution is 0.263. The van der Waals surface area contributed by atoms with Gasteiger partial charge in [0.2, 0.25) is 0 Å². The van der Waals surface area contributed by atoms with E-state index in [2.05, 4.69) is 14.8 Å². The van der Waals surface area contributed by atoms with Gasteiger partial charge in [-0.3, -0.25) is 4.79 Å². The van der Waals surface area contributed by atoms with E-state index < -0.39 is 0 Å². The number of H-pyrrole nitrogens is 1. The molecule has 176 valence electrons. The molecule has 0 spiro atoms. The molecule has 5 rings (SSSR count). The van der Waals surface area contributed by atoms with Crippen LogP contribution in [0, 0.1) is 0 Å². The average Bonchev–Trinajstić information content (AvgIpc) is 3.54. The molecule has 6 heteroatoms. The Labute approximate surface area is 195 Å². The van der Waals surface area contributed by atoms with Crippen molar-refractivity contribution in [1.29, 1.82) is 0 Å². The van der Waals surface area contributed by atoms with Gasteiger partial charge in [-0.1, -0.05) is 0 Å². The first-order valence-electron chi connectivity index (χ1n) is 12.6. The molecule has 0 radical (unpaired) electrons. The summed E-state index contributed by atoms with van der Waals surface area (Å²) >= 11 is 0. The summed E-state index contributed by atoms with van der Waals surface area (Å²) in [6, 6.07) is 11.5. The summed E-state index contributed by atoms with van der Waals surface area (Å²) in [7, 11) is 0. The van der Waals surface area contributed by atoms with E-state index in [1.165, 1.54) is 51.9 Å². The molecule has 2 saturated heterocycles. The Bertz CT molecular complexity index is 1130. The van der Waals surface area contributed by atoms with Gasteiger partial charge in [0, 0.05) is 29.9 Å². The predicted molar refractivity (Wildman–Crippen MR) is 134 cm³/mol. The predicted octanol–water partition coefficient (Wildman–Crippen LogP) is 4.41. The van der Waals surface area contributed by atoms with Gasteiger partial charge in [-0.25, -0.2) is 0 Å². The average molecular weight is 450 g/mol. The van der Waals surface area contributed by atoms with Gasteiger partial charge in [-0.15, -0.1) is 0 Å². The molecule has 1 aromatic heterocycles. The van der Waals surface area contributed by atoms with Crippen LogP contribution in [-0.2, 0) is 0 Å². The molecule has 33 heavy (non-hydrogen) atoms. The van der Waals surface area contributed by atoms with Crippen molar-refractivity contribution < 1.29 is 9.47 Å². The summed E-state index contributed by atoms with van der Waals surface area (Å²) < 4.78 is 11.9. The zero-order valence-electron chi connectivity index (χ0n) is 19.5. The Kier molecular flexibility index (Phi) is 7.12. The Hall–Kier alpha value is -2.57. The third-order valence-corrected chi connectivity index (χ3v) is 6.91. The van der Waals surface area contributed by atoms with Crippen molar-refractivity contribution in [3.63, 3.8) is 0 Å². The zero-order chi connectivity index (χ0) is 22.5. The number of nitrogens with one attached hydrogen (secondary N) is 1. The van der Waals surface area contributed by atoms with Crippen molar-refractivity contribution in [2.45, 2.75) is 38.5 Å². The van der Waals surface area contributed by atoms with Gasteiger partial charge in [0.15, 0.2) is 5.43 Å². The fourth-order valence-corrected chi connectivity index (χ4v) is 5.08. The highest BCUT2D eigenvalue weighted by atomic mass is 16.5. The van der Waals surface area contributed by atoms with Gasteiger partial charge in [0.1, 0.15) is 11.5 Å². The Morgan fingerprint density at radius 3 is 1.91 bits per heavy atom. The van der Waals surface area contributed by atoms with Gasteiger partial charge in [0.05, 0.1) is 24.2 Å². The van der Waals surface area contributed by atoms with Crippen LogP contribution in [0.25, 0.3) is 21.8 Å². The topological polar surface area (TPSA) is 57.8 Å². The van der Waals surface area contributed by atoms with E-state index in [-0.39, 0.29) is 5.43 Å². The smallest absolute Gasteiger partial charge is 0.197 e. The number of aromatic nitrogens is 1. The zero-order valence-corrected chi connectivity index (χ0v) is 19.5. The van der Waals surface area contributed by atoms with Crippen LogP contribution >= 0.6 is 0 Å². The largest absolute Gasteiger partial charge is 0.494 e. The molecular weight excluding hydrogens is 414 g/mol. The number of fused-ring (bicyclic) bond motifs is 2. The van der Waals surface area contributed by atoms with Crippen molar-refractivity contribution in [2.75, 3.05) is 52.5 Å². The maximum Gasteiger partial charge on any atom is 0.197 e. The number of hydrogen-bond acceptors (Lipinski definition) is 5. The molecule has 2 fully saturated rings. The summed E-state index contributed by atoms with van der Waals surface area (Å²) in [5.74, 6) is 1.56. The lowest BCUT2D eigenvalue weighted by atomic mass is 10.1. The fraction of sp³-hybridized carbons (Fsp3) is 0.519. The van der Waals surface area contributed by atoms with Crippen molar-refractivity contribution in [3.8, 4) is 11.5 Å². The van der Waals surface area contributed by atoms with E-state index in [1.807, 2.05) is 36.4 Å². The van der Waals surface area contributed by atoms with E-state index in [9.17, 15) is 4.79 Å². The molecule has 2 aromatic carbocycles. The van der Waals surface area contributed by atoms with E-state index >= 15 is 0 Å². The first-order valence-corrected chi connectivity index (χ1v) is 12.6. The van der Waals surface area contributed by atoms with Gasteiger partial charge < -0.3 is 24.3 Å². The molecule has 3 heterocycles. The first kappa shape index (κ1) is 22.2.